The molecule has 0 aliphatic heterocycles. The number of anilines is 1. The molecule has 0 saturated heterocycles. The number of aryl methyl sites for hydroxylation is 1. The summed E-state index contributed by atoms with van der Waals surface area (Å²) in [6.45, 7) is 1.71. The number of hydrogen-bond acceptors (Lipinski definition) is 3. The number of nitrogens with zero attached hydrogens (tertiary/aromatic N) is 2. The van der Waals surface area contributed by atoms with Gasteiger partial charge in [-0.25, -0.2) is 9.37 Å². The maximum Gasteiger partial charge on any atom is 0.265 e. The molecular weight excluding hydrogens is 357 g/mol. The van der Waals surface area contributed by atoms with E-state index in [0.717, 1.165) is 0 Å². The van der Waals surface area contributed by atoms with Gasteiger partial charge in [0.05, 0.1) is 22.3 Å². The largest absolute Gasteiger partial charge is 0.319 e. The molecule has 0 radical (unpaired) electrons. The van der Waals surface area contributed by atoms with Crippen LogP contribution in [0.15, 0.2) is 77.6 Å². The van der Waals surface area contributed by atoms with Crippen molar-refractivity contribution in [1.82, 2.24) is 9.55 Å². The Morgan fingerprint density at radius 2 is 1.71 bits per heavy atom. The molecule has 1 amide bonds. The first-order valence-electron chi connectivity index (χ1n) is 8.69. The van der Waals surface area contributed by atoms with Gasteiger partial charge in [0.1, 0.15) is 11.6 Å². The number of carbonyl (C=O) groups is 1. The number of hydrogen-bond donors (Lipinski definition) is 1. The Morgan fingerprint density at radius 1 is 1.00 bits per heavy atom. The average molecular weight is 373 g/mol. The molecule has 4 rings (SSSR count). The SMILES string of the molecule is Cc1nc2ccccc2c(=O)n1-c1ccc(F)c(NC(=O)c2ccccc2)c1. The van der Waals surface area contributed by atoms with Gasteiger partial charge in [-0.05, 0) is 49.4 Å². The van der Waals surface area contributed by atoms with Gasteiger partial charge in [-0.2, -0.15) is 0 Å². The van der Waals surface area contributed by atoms with E-state index in [4.69, 9.17) is 0 Å². The molecule has 0 unspecified atom stereocenters. The fraction of sp³-hybridized carbons (Fsp3) is 0.0455. The van der Waals surface area contributed by atoms with Crippen molar-refractivity contribution in [3.05, 3.63) is 100 Å². The lowest BCUT2D eigenvalue weighted by atomic mass is 10.2. The fourth-order valence-corrected chi connectivity index (χ4v) is 3.08. The first kappa shape index (κ1) is 17.6. The Bertz CT molecular complexity index is 1250. The Kier molecular flexibility index (Phi) is 4.45. The Balaban J connectivity index is 1.79. The summed E-state index contributed by atoms with van der Waals surface area (Å²) in [5.41, 5.74) is 1.17. The Labute approximate surface area is 160 Å². The standard InChI is InChI=1S/C22H16FN3O2/c1-14-24-19-10-6-5-9-17(19)22(28)26(14)16-11-12-18(23)20(13-16)25-21(27)15-7-3-2-4-8-15/h2-13H,1H3,(H,25,27). The van der Waals surface area contributed by atoms with Crippen LogP contribution in [0.1, 0.15) is 16.2 Å². The fourth-order valence-electron chi connectivity index (χ4n) is 3.08. The highest BCUT2D eigenvalue weighted by molar-refractivity contribution is 6.04. The lowest BCUT2D eigenvalue weighted by Gasteiger charge is -2.13. The average Bonchev–Trinajstić information content (AvgIpc) is 2.71. The molecule has 138 valence electrons. The Morgan fingerprint density at radius 3 is 2.50 bits per heavy atom. The molecule has 0 saturated carbocycles. The first-order chi connectivity index (χ1) is 13.5. The van der Waals surface area contributed by atoms with E-state index < -0.39 is 11.7 Å². The molecule has 3 aromatic carbocycles. The van der Waals surface area contributed by atoms with Crippen molar-refractivity contribution in [3.63, 3.8) is 0 Å². The summed E-state index contributed by atoms with van der Waals surface area (Å²) in [7, 11) is 0. The van der Waals surface area contributed by atoms with Crippen LogP contribution in [-0.2, 0) is 0 Å². The van der Waals surface area contributed by atoms with E-state index in [9.17, 15) is 14.0 Å². The number of fused-ring (bicyclic) bond motifs is 1. The van der Waals surface area contributed by atoms with E-state index in [1.165, 1.54) is 22.8 Å². The number of para-hydroxylation sites is 1. The maximum absolute atomic E-state index is 14.3. The van der Waals surface area contributed by atoms with Crippen LogP contribution >= 0.6 is 0 Å². The third-order valence-corrected chi connectivity index (χ3v) is 4.44. The van der Waals surface area contributed by atoms with Crippen molar-refractivity contribution in [2.45, 2.75) is 6.92 Å². The van der Waals surface area contributed by atoms with Crippen molar-refractivity contribution in [1.29, 1.82) is 0 Å². The van der Waals surface area contributed by atoms with E-state index in [2.05, 4.69) is 10.3 Å². The summed E-state index contributed by atoms with van der Waals surface area (Å²) < 4.78 is 15.7. The van der Waals surface area contributed by atoms with Crippen molar-refractivity contribution in [2.75, 3.05) is 5.32 Å². The minimum absolute atomic E-state index is 0.00851. The van der Waals surface area contributed by atoms with Gasteiger partial charge >= 0.3 is 0 Å². The van der Waals surface area contributed by atoms with Gasteiger partial charge in [0.2, 0.25) is 0 Å². The van der Waals surface area contributed by atoms with Crippen LogP contribution in [0.25, 0.3) is 16.6 Å². The zero-order valence-corrected chi connectivity index (χ0v) is 15.0. The second kappa shape index (κ2) is 7.08. The number of halogens is 1. The van der Waals surface area contributed by atoms with Crippen molar-refractivity contribution < 1.29 is 9.18 Å². The number of amides is 1. The van der Waals surface area contributed by atoms with Gasteiger partial charge < -0.3 is 5.32 Å². The van der Waals surface area contributed by atoms with E-state index in [-0.39, 0.29) is 11.2 Å². The molecule has 4 aromatic rings. The third-order valence-electron chi connectivity index (χ3n) is 4.44. The topological polar surface area (TPSA) is 64.0 Å². The van der Waals surface area contributed by atoms with Gasteiger partial charge in [0.25, 0.3) is 11.5 Å². The molecule has 1 N–H and O–H groups in total. The highest BCUT2D eigenvalue weighted by Crippen LogP contribution is 2.21. The van der Waals surface area contributed by atoms with E-state index in [1.54, 1.807) is 55.5 Å². The highest BCUT2D eigenvalue weighted by Gasteiger charge is 2.14. The molecular formula is C22H16FN3O2. The number of benzene rings is 3. The predicted molar refractivity (Wildman–Crippen MR) is 106 cm³/mol. The predicted octanol–water partition coefficient (Wildman–Crippen LogP) is 4.09. The quantitative estimate of drug-likeness (QED) is 0.588. The first-order valence-corrected chi connectivity index (χ1v) is 8.69. The van der Waals surface area contributed by atoms with Crippen LogP contribution in [0.3, 0.4) is 0 Å². The van der Waals surface area contributed by atoms with Crippen LogP contribution in [0.2, 0.25) is 0 Å². The van der Waals surface area contributed by atoms with Crippen LogP contribution in [0, 0.1) is 12.7 Å². The van der Waals surface area contributed by atoms with Crippen molar-refractivity contribution in [3.8, 4) is 5.69 Å². The van der Waals surface area contributed by atoms with Crippen LogP contribution in [0.4, 0.5) is 10.1 Å². The van der Waals surface area contributed by atoms with Gasteiger partial charge in [-0.15, -0.1) is 0 Å². The lowest BCUT2D eigenvalue weighted by molar-refractivity contribution is 0.102. The Hall–Kier alpha value is -3.80. The second-order valence-electron chi connectivity index (χ2n) is 6.30. The summed E-state index contributed by atoms with van der Waals surface area (Å²) in [5, 5.41) is 3.03. The molecule has 0 atom stereocenters. The summed E-state index contributed by atoms with van der Waals surface area (Å²) in [6.07, 6.45) is 0. The minimum atomic E-state index is -0.590. The summed E-state index contributed by atoms with van der Waals surface area (Å²) in [6, 6.07) is 19.7. The third kappa shape index (κ3) is 3.16. The smallest absolute Gasteiger partial charge is 0.265 e. The number of rotatable bonds is 3. The van der Waals surface area contributed by atoms with E-state index in [1.807, 2.05) is 6.07 Å². The highest BCUT2D eigenvalue weighted by atomic mass is 19.1. The van der Waals surface area contributed by atoms with E-state index in [0.29, 0.717) is 28.0 Å². The zero-order chi connectivity index (χ0) is 19.7. The molecule has 1 heterocycles. The van der Waals surface area contributed by atoms with Crippen molar-refractivity contribution in [2.24, 2.45) is 0 Å². The van der Waals surface area contributed by atoms with Gasteiger partial charge in [0.15, 0.2) is 0 Å². The van der Waals surface area contributed by atoms with Gasteiger partial charge in [-0.3, -0.25) is 14.2 Å². The summed E-state index contributed by atoms with van der Waals surface area (Å²) >= 11 is 0. The normalized spacial score (nSPS) is 10.8. The summed E-state index contributed by atoms with van der Waals surface area (Å²) in [4.78, 5) is 29.8. The second-order valence-corrected chi connectivity index (χ2v) is 6.30. The number of nitrogens with one attached hydrogen (secondary N) is 1. The zero-order valence-electron chi connectivity index (χ0n) is 15.0. The maximum atomic E-state index is 14.3. The molecule has 6 heteroatoms. The molecule has 0 bridgehead atoms. The van der Waals surface area contributed by atoms with Crippen LogP contribution in [-0.4, -0.2) is 15.5 Å². The molecule has 5 nitrogen and oxygen atoms in total. The summed E-state index contributed by atoms with van der Waals surface area (Å²) in [5.74, 6) is -0.555. The molecule has 28 heavy (non-hydrogen) atoms. The van der Waals surface area contributed by atoms with E-state index >= 15 is 0 Å². The molecule has 0 aliphatic rings. The van der Waals surface area contributed by atoms with Crippen LogP contribution in [0.5, 0.6) is 0 Å². The van der Waals surface area contributed by atoms with Crippen molar-refractivity contribution >= 4 is 22.5 Å². The lowest BCUT2D eigenvalue weighted by Crippen LogP contribution is -2.22. The number of carbonyl (C=O) groups excluding carboxylic acids is 1. The minimum Gasteiger partial charge on any atom is -0.319 e. The number of aromatic nitrogens is 2. The molecule has 0 spiro atoms. The molecule has 0 aliphatic carbocycles. The van der Waals surface area contributed by atoms with Gasteiger partial charge in [0, 0.05) is 5.56 Å². The van der Waals surface area contributed by atoms with Crippen LogP contribution < -0.4 is 10.9 Å². The van der Waals surface area contributed by atoms with Gasteiger partial charge in [-0.1, -0.05) is 30.3 Å². The molecule has 1 aromatic heterocycles. The molecule has 0 fully saturated rings. The monoisotopic (exact) mass is 373 g/mol.